The normalized spacial score (nSPS) is 8.17. The zero-order valence-corrected chi connectivity index (χ0v) is 6.33. The molecule has 1 radical (unpaired) electrons. The molecule has 0 atom stereocenters. The van der Waals surface area contributed by atoms with Gasteiger partial charge in [0.1, 0.15) is 12.1 Å². The van der Waals surface area contributed by atoms with Gasteiger partial charge in [-0.1, -0.05) is 12.6 Å². The molecular weight excluding hydrogens is 148 g/mol. The monoisotopic (exact) mass is 153 g/mol. The van der Waals surface area contributed by atoms with E-state index in [-0.39, 0.29) is 0 Å². The van der Waals surface area contributed by atoms with Crippen molar-refractivity contribution in [3.63, 3.8) is 0 Å². The average molecular weight is 153 g/mol. The molecule has 0 fully saturated rings. The summed E-state index contributed by atoms with van der Waals surface area (Å²) < 4.78 is 0. The molecule has 0 unspecified atom stereocenters. The highest BCUT2D eigenvalue weighted by atomic mass is 14.3. The first-order chi connectivity index (χ1) is 5.81. The van der Waals surface area contributed by atoms with Crippen LogP contribution in [0.5, 0.6) is 0 Å². The van der Waals surface area contributed by atoms with Crippen LogP contribution in [0.3, 0.4) is 0 Å². The van der Waals surface area contributed by atoms with Crippen molar-refractivity contribution in [3.8, 4) is 12.1 Å². The standard InChI is InChI=1S/C10H5N2/c1-2-8-3-4-9(6-11)10(5-8)7-12/h3-5H,1H2. The predicted octanol–water partition coefficient (Wildman–Crippen LogP) is 1.77. The summed E-state index contributed by atoms with van der Waals surface area (Å²) in [6.07, 6.45) is 2.64. The second-order valence-corrected chi connectivity index (χ2v) is 2.16. The van der Waals surface area contributed by atoms with Crippen LogP contribution in [-0.4, -0.2) is 0 Å². The molecule has 0 aromatic heterocycles. The van der Waals surface area contributed by atoms with Gasteiger partial charge in [0.2, 0.25) is 0 Å². The lowest BCUT2D eigenvalue weighted by Gasteiger charge is -1.94. The lowest BCUT2D eigenvalue weighted by atomic mass is 10.1. The maximum absolute atomic E-state index is 8.62. The Morgan fingerprint density at radius 3 is 2.25 bits per heavy atom. The van der Waals surface area contributed by atoms with Crippen molar-refractivity contribution in [2.75, 3.05) is 0 Å². The summed E-state index contributed by atoms with van der Waals surface area (Å²) in [6.45, 7) is 3.44. The van der Waals surface area contributed by atoms with Gasteiger partial charge in [0.05, 0.1) is 11.1 Å². The van der Waals surface area contributed by atoms with Gasteiger partial charge in [-0.3, -0.25) is 0 Å². The zero-order chi connectivity index (χ0) is 8.97. The Labute approximate surface area is 71.0 Å². The number of nitriles is 2. The van der Waals surface area contributed by atoms with E-state index >= 15 is 0 Å². The Morgan fingerprint density at radius 2 is 1.75 bits per heavy atom. The van der Waals surface area contributed by atoms with Gasteiger partial charge in [0.15, 0.2) is 0 Å². The van der Waals surface area contributed by atoms with Crippen LogP contribution in [0.25, 0.3) is 0 Å². The molecule has 0 saturated carbocycles. The summed E-state index contributed by atoms with van der Waals surface area (Å²) >= 11 is 0. The van der Waals surface area contributed by atoms with E-state index in [0.717, 1.165) is 5.56 Å². The molecule has 2 heteroatoms. The van der Waals surface area contributed by atoms with E-state index in [0.29, 0.717) is 11.1 Å². The molecule has 0 amide bonds. The fourth-order valence-corrected chi connectivity index (χ4v) is 0.844. The van der Waals surface area contributed by atoms with E-state index in [4.69, 9.17) is 10.5 Å². The first kappa shape index (κ1) is 8.04. The number of nitrogens with zero attached hydrogens (tertiary/aromatic N) is 2. The third kappa shape index (κ3) is 1.33. The van der Waals surface area contributed by atoms with E-state index < -0.39 is 0 Å². The van der Waals surface area contributed by atoms with Gasteiger partial charge < -0.3 is 0 Å². The van der Waals surface area contributed by atoms with Crippen molar-refractivity contribution in [1.82, 2.24) is 0 Å². The molecule has 0 heterocycles. The molecular formula is C10H5N2. The highest BCUT2D eigenvalue weighted by Crippen LogP contribution is 2.09. The molecule has 0 aliphatic carbocycles. The Balaban J connectivity index is 3.34. The second-order valence-electron chi connectivity index (χ2n) is 2.16. The van der Waals surface area contributed by atoms with E-state index in [1.165, 1.54) is 0 Å². The largest absolute Gasteiger partial charge is 0.192 e. The van der Waals surface area contributed by atoms with Gasteiger partial charge >= 0.3 is 0 Å². The van der Waals surface area contributed by atoms with Gasteiger partial charge in [0.25, 0.3) is 0 Å². The molecule has 1 aromatic carbocycles. The van der Waals surface area contributed by atoms with Gasteiger partial charge in [-0.25, -0.2) is 0 Å². The van der Waals surface area contributed by atoms with Crippen molar-refractivity contribution in [2.45, 2.75) is 0 Å². The van der Waals surface area contributed by atoms with Crippen LogP contribution in [0.1, 0.15) is 16.7 Å². The summed E-state index contributed by atoms with van der Waals surface area (Å²) in [7, 11) is 0. The molecule has 1 rings (SSSR count). The maximum Gasteiger partial charge on any atom is 0.101 e. The lowest BCUT2D eigenvalue weighted by molar-refractivity contribution is 1.41. The van der Waals surface area contributed by atoms with Gasteiger partial charge in [-0.15, -0.1) is 0 Å². The van der Waals surface area contributed by atoms with Crippen LogP contribution in [-0.2, 0) is 0 Å². The molecule has 1 aromatic rings. The van der Waals surface area contributed by atoms with Crippen molar-refractivity contribution >= 4 is 0 Å². The fraction of sp³-hybridized carbons (Fsp3) is 0. The number of rotatable bonds is 1. The summed E-state index contributed by atoms with van der Waals surface area (Å²) in [5.41, 5.74) is 1.48. The lowest BCUT2D eigenvalue weighted by Crippen LogP contribution is -1.84. The SMILES string of the molecule is C=[C]c1ccc(C#N)c(C#N)c1. The van der Waals surface area contributed by atoms with Crippen LogP contribution in [0.2, 0.25) is 0 Å². The second kappa shape index (κ2) is 3.37. The number of benzene rings is 1. The van der Waals surface area contributed by atoms with Crippen LogP contribution >= 0.6 is 0 Å². The molecule has 0 aliphatic heterocycles. The number of hydrogen-bond acceptors (Lipinski definition) is 2. The molecule has 55 valence electrons. The highest BCUT2D eigenvalue weighted by molar-refractivity contribution is 5.48. The molecule has 0 aliphatic rings. The zero-order valence-electron chi connectivity index (χ0n) is 6.33. The van der Waals surface area contributed by atoms with Crippen LogP contribution < -0.4 is 0 Å². The van der Waals surface area contributed by atoms with Crippen molar-refractivity contribution in [1.29, 1.82) is 10.5 Å². The predicted molar refractivity (Wildman–Crippen MR) is 43.8 cm³/mol. The van der Waals surface area contributed by atoms with Gasteiger partial charge in [0, 0.05) is 0 Å². The summed E-state index contributed by atoms with van der Waals surface area (Å²) in [5.74, 6) is 0. The van der Waals surface area contributed by atoms with E-state index in [9.17, 15) is 0 Å². The first-order valence-corrected chi connectivity index (χ1v) is 3.29. The van der Waals surface area contributed by atoms with E-state index in [1.807, 2.05) is 12.1 Å². The molecule has 0 bridgehead atoms. The Bertz CT molecular complexity index is 391. The molecule has 0 spiro atoms. The summed E-state index contributed by atoms with van der Waals surface area (Å²) in [5, 5.41) is 17.2. The highest BCUT2D eigenvalue weighted by Gasteiger charge is 1.99. The molecule has 0 saturated heterocycles. The number of hydrogen-bond donors (Lipinski definition) is 0. The minimum Gasteiger partial charge on any atom is -0.192 e. The van der Waals surface area contributed by atoms with Crippen LogP contribution in [0.4, 0.5) is 0 Å². The minimum absolute atomic E-state index is 0.367. The first-order valence-electron chi connectivity index (χ1n) is 3.29. The molecule has 12 heavy (non-hydrogen) atoms. The van der Waals surface area contributed by atoms with E-state index in [1.54, 1.807) is 18.2 Å². The minimum atomic E-state index is 0.367. The maximum atomic E-state index is 8.62. The van der Waals surface area contributed by atoms with Gasteiger partial charge in [-0.05, 0) is 23.8 Å². The Kier molecular flexibility index (Phi) is 2.26. The Hall–Kier alpha value is -2.06. The Morgan fingerprint density at radius 1 is 1.08 bits per heavy atom. The van der Waals surface area contributed by atoms with Crippen molar-refractivity contribution in [2.24, 2.45) is 0 Å². The topological polar surface area (TPSA) is 47.6 Å². The van der Waals surface area contributed by atoms with E-state index in [2.05, 4.69) is 12.7 Å². The van der Waals surface area contributed by atoms with Crippen LogP contribution in [0.15, 0.2) is 24.8 Å². The third-order valence-corrected chi connectivity index (χ3v) is 1.46. The molecule has 2 nitrogen and oxygen atoms in total. The van der Waals surface area contributed by atoms with Crippen molar-refractivity contribution < 1.29 is 0 Å². The summed E-state index contributed by atoms with van der Waals surface area (Å²) in [4.78, 5) is 0. The fourth-order valence-electron chi connectivity index (χ4n) is 0.844. The summed E-state index contributed by atoms with van der Waals surface area (Å²) in [6, 6.07) is 8.74. The molecule has 0 N–H and O–H groups in total. The average Bonchev–Trinajstić information content (AvgIpc) is 2.16. The quantitative estimate of drug-likeness (QED) is 0.617. The van der Waals surface area contributed by atoms with Crippen LogP contribution in [0, 0.1) is 28.7 Å². The van der Waals surface area contributed by atoms with Gasteiger partial charge in [-0.2, -0.15) is 10.5 Å². The smallest absolute Gasteiger partial charge is 0.101 e. The van der Waals surface area contributed by atoms with Crippen molar-refractivity contribution in [3.05, 3.63) is 47.5 Å². The third-order valence-electron chi connectivity index (χ3n) is 1.46.